The van der Waals surface area contributed by atoms with E-state index in [-0.39, 0.29) is 13.2 Å². The van der Waals surface area contributed by atoms with Gasteiger partial charge in [0.2, 0.25) is 0 Å². The van der Waals surface area contributed by atoms with Crippen molar-refractivity contribution in [2.24, 2.45) is 0 Å². The summed E-state index contributed by atoms with van der Waals surface area (Å²) in [5, 5.41) is 23.1. The van der Waals surface area contributed by atoms with Gasteiger partial charge in [-0.2, -0.15) is 0 Å². The van der Waals surface area contributed by atoms with Gasteiger partial charge in [-0.3, -0.25) is 0 Å². The van der Waals surface area contributed by atoms with Crippen LogP contribution in [0, 0.1) is 0 Å². The van der Waals surface area contributed by atoms with E-state index in [4.69, 9.17) is 0 Å². The van der Waals surface area contributed by atoms with Crippen LogP contribution in [0.5, 0.6) is 0 Å². The van der Waals surface area contributed by atoms with Gasteiger partial charge in [-0.15, -0.1) is 0 Å². The van der Waals surface area contributed by atoms with Crippen LogP contribution in [0.3, 0.4) is 0 Å². The van der Waals surface area contributed by atoms with E-state index in [2.05, 4.69) is 65.8 Å². The Morgan fingerprint density at radius 2 is 1.08 bits per heavy atom. The van der Waals surface area contributed by atoms with Crippen molar-refractivity contribution in [3.8, 4) is 11.1 Å². The molecule has 0 spiro atoms. The molecule has 0 aliphatic heterocycles. The zero-order valence-electron chi connectivity index (χ0n) is 25.0. The van der Waals surface area contributed by atoms with E-state index in [0.29, 0.717) is 17.8 Å². The fraction of sp³-hybridized carbons (Fsp3) is 0.657. The first-order chi connectivity index (χ1) is 18.3. The van der Waals surface area contributed by atoms with Crippen molar-refractivity contribution in [1.29, 1.82) is 0 Å². The summed E-state index contributed by atoms with van der Waals surface area (Å²) in [7, 11) is -0.440. The van der Waals surface area contributed by atoms with E-state index >= 15 is 0 Å². The van der Waals surface area contributed by atoms with Gasteiger partial charge in [0, 0.05) is 0 Å². The maximum atomic E-state index is 10.8. The summed E-state index contributed by atoms with van der Waals surface area (Å²) in [5.74, 6) is 1.24. The molecule has 0 unspecified atom stereocenters. The van der Waals surface area contributed by atoms with Crippen LogP contribution in [0.4, 0.5) is 0 Å². The van der Waals surface area contributed by atoms with Crippen molar-refractivity contribution in [3.05, 3.63) is 52.1 Å². The summed E-state index contributed by atoms with van der Waals surface area (Å²) in [6.45, 7) is 14.0. The summed E-state index contributed by atoms with van der Waals surface area (Å²) in [6.07, 6.45) is 13.4. The highest BCUT2D eigenvalue weighted by molar-refractivity contribution is 7.67. The van der Waals surface area contributed by atoms with Gasteiger partial charge in [0.25, 0.3) is 0 Å². The minimum atomic E-state index is -0.440. The Morgan fingerprint density at radius 3 is 1.47 bits per heavy atom. The molecule has 0 atom stereocenters. The van der Waals surface area contributed by atoms with Crippen LogP contribution in [0.1, 0.15) is 151 Å². The normalized spacial score (nSPS) is 17.9. The van der Waals surface area contributed by atoms with E-state index < -0.39 is 7.92 Å². The van der Waals surface area contributed by atoms with Crippen molar-refractivity contribution in [2.45, 2.75) is 148 Å². The van der Waals surface area contributed by atoms with Gasteiger partial charge in [-0.05, 0) is 99.0 Å². The van der Waals surface area contributed by atoms with Gasteiger partial charge in [-0.1, -0.05) is 112 Å². The first-order valence-corrected chi connectivity index (χ1v) is 17.1. The molecule has 0 radical (unpaired) electrons. The average molecular weight is 537 g/mol. The molecule has 2 aromatic rings. The number of benzene rings is 2. The Labute approximate surface area is 234 Å². The summed E-state index contributed by atoms with van der Waals surface area (Å²) in [5.41, 5.74) is 10.5. The van der Waals surface area contributed by atoms with Crippen LogP contribution >= 0.6 is 7.92 Å². The molecule has 3 heteroatoms. The average Bonchev–Trinajstić information content (AvgIpc) is 2.93. The molecule has 2 aliphatic carbocycles. The van der Waals surface area contributed by atoms with Crippen molar-refractivity contribution in [3.63, 3.8) is 0 Å². The summed E-state index contributed by atoms with van der Waals surface area (Å²) in [6, 6.07) is 9.18. The zero-order valence-corrected chi connectivity index (χ0v) is 25.9. The Hall–Kier alpha value is -1.21. The van der Waals surface area contributed by atoms with E-state index in [0.717, 1.165) is 22.4 Å². The van der Waals surface area contributed by atoms with E-state index in [9.17, 15) is 10.2 Å². The topological polar surface area (TPSA) is 40.5 Å². The van der Waals surface area contributed by atoms with Crippen molar-refractivity contribution in [2.75, 3.05) is 0 Å². The van der Waals surface area contributed by atoms with Gasteiger partial charge in [0.05, 0.1) is 13.2 Å². The molecule has 0 saturated heterocycles. The maximum absolute atomic E-state index is 10.8. The standard InChI is InChI=1S/C35H53O2P/c1-23(2)28-19-31(24(3)4)34(32(20-28)25(5)6)33-26(21-36)17-18-27(22-37)35(33)38(29-13-9-7-10-14-29)30-15-11-8-12-16-30/h17-20,23-25,29-30,36-37H,7-16,21-22H2,1-6H3. The fourth-order valence-electron chi connectivity index (χ4n) is 7.14. The van der Waals surface area contributed by atoms with E-state index in [1.807, 2.05) is 0 Å². The third kappa shape index (κ3) is 6.24. The first-order valence-electron chi connectivity index (χ1n) is 15.6. The third-order valence-electron chi connectivity index (χ3n) is 9.27. The van der Waals surface area contributed by atoms with Crippen LogP contribution in [0.2, 0.25) is 0 Å². The Bertz CT molecular complexity index is 1010. The number of aliphatic hydroxyl groups excluding tert-OH is 2. The summed E-state index contributed by atoms with van der Waals surface area (Å²) < 4.78 is 0. The molecule has 2 fully saturated rings. The second-order valence-electron chi connectivity index (χ2n) is 13.0. The Balaban J connectivity index is 2.08. The molecule has 0 amide bonds. The fourth-order valence-corrected chi connectivity index (χ4v) is 11.3. The van der Waals surface area contributed by atoms with Gasteiger partial charge in [0.1, 0.15) is 0 Å². The lowest BCUT2D eigenvalue weighted by atomic mass is 9.80. The monoisotopic (exact) mass is 536 g/mol. The van der Waals surface area contributed by atoms with Crippen LogP contribution in [0.15, 0.2) is 24.3 Å². The van der Waals surface area contributed by atoms with Crippen LogP contribution in [-0.4, -0.2) is 21.5 Å². The minimum Gasteiger partial charge on any atom is -0.392 e. The highest BCUT2D eigenvalue weighted by Crippen LogP contribution is 2.58. The highest BCUT2D eigenvalue weighted by atomic mass is 31.1. The van der Waals surface area contributed by atoms with Gasteiger partial charge in [-0.25, -0.2) is 0 Å². The summed E-state index contributed by atoms with van der Waals surface area (Å²) in [4.78, 5) is 0. The lowest BCUT2D eigenvalue weighted by Crippen LogP contribution is -2.30. The molecule has 4 rings (SSSR count). The zero-order chi connectivity index (χ0) is 27.4. The molecule has 0 heterocycles. The second-order valence-corrected chi connectivity index (χ2v) is 15.7. The van der Waals surface area contributed by atoms with Crippen LogP contribution < -0.4 is 5.30 Å². The second kappa shape index (κ2) is 13.4. The molecule has 210 valence electrons. The SMILES string of the molecule is CC(C)c1cc(C(C)C)c(-c2c(CO)ccc(CO)c2P(C2CCCCC2)C2CCCCC2)c(C(C)C)c1. The number of hydrogen-bond acceptors (Lipinski definition) is 2. The molecule has 0 aromatic heterocycles. The van der Waals surface area contributed by atoms with Gasteiger partial charge in [0.15, 0.2) is 0 Å². The number of hydrogen-bond donors (Lipinski definition) is 2. The molecule has 2 nitrogen and oxygen atoms in total. The Morgan fingerprint density at radius 1 is 0.632 bits per heavy atom. The molecule has 0 bridgehead atoms. The quantitative estimate of drug-likeness (QED) is 0.313. The lowest BCUT2D eigenvalue weighted by Gasteiger charge is -2.41. The molecule has 38 heavy (non-hydrogen) atoms. The largest absolute Gasteiger partial charge is 0.392 e. The van der Waals surface area contributed by atoms with E-state index in [1.165, 1.54) is 97.3 Å². The predicted octanol–water partition coefficient (Wildman–Crippen LogP) is 9.48. The van der Waals surface area contributed by atoms with Crippen LogP contribution in [-0.2, 0) is 13.2 Å². The first kappa shape index (κ1) is 29.8. The number of aliphatic hydroxyl groups is 2. The van der Waals surface area contributed by atoms with E-state index in [1.54, 1.807) is 0 Å². The van der Waals surface area contributed by atoms with Crippen molar-refractivity contribution in [1.82, 2.24) is 0 Å². The molecule has 2 aromatic carbocycles. The lowest BCUT2D eigenvalue weighted by molar-refractivity contribution is 0.279. The predicted molar refractivity (Wildman–Crippen MR) is 166 cm³/mol. The Kier molecular flexibility index (Phi) is 10.5. The summed E-state index contributed by atoms with van der Waals surface area (Å²) >= 11 is 0. The third-order valence-corrected chi connectivity index (χ3v) is 12.9. The maximum Gasteiger partial charge on any atom is 0.0688 e. The minimum absolute atomic E-state index is 0.0492. The van der Waals surface area contributed by atoms with Crippen molar-refractivity contribution >= 4 is 13.2 Å². The smallest absolute Gasteiger partial charge is 0.0688 e. The number of rotatable bonds is 9. The molecule has 2 saturated carbocycles. The molecule has 2 N–H and O–H groups in total. The molecule has 2 aliphatic rings. The van der Waals surface area contributed by atoms with Crippen LogP contribution in [0.25, 0.3) is 11.1 Å². The molecular weight excluding hydrogens is 483 g/mol. The van der Waals surface area contributed by atoms with Gasteiger partial charge >= 0.3 is 0 Å². The molecular formula is C35H53O2P. The van der Waals surface area contributed by atoms with Gasteiger partial charge < -0.3 is 10.2 Å². The van der Waals surface area contributed by atoms with Crippen molar-refractivity contribution < 1.29 is 10.2 Å². The highest BCUT2D eigenvalue weighted by Gasteiger charge is 2.36.